The first-order chi connectivity index (χ1) is 13.2. The molecule has 0 spiro atoms. The molecule has 1 atom stereocenters. The van der Waals surface area contributed by atoms with Gasteiger partial charge in [0.1, 0.15) is 5.75 Å². The summed E-state index contributed by atoms with van der Waals surface area (Å²) >= 11 is 0. The van der Waals surface area contributed by atoms with Crippen molar-refractivity contribution in [3.63, 3.8) is 0 Å². The van der Waals surface area contributed by atoms with E-state index in [9.17, 15) is 4.79 Å². The lowest BCUT2D eigenvalue weighted by atomic mass is 9.96. The first-order valence-corrected chi connectivity index (χ1v) is 9.01. The number of amides is 1. The van der Waals surface area contributed by atoms with Gasteiger partial charge >= 0.3 is 0 Å². The Hall–Kier alpha value is -3.22. The van der Waals surface area contributed by atoms with Crippen molar-refractivity contribution in [2.75, 3.05) is 13.2 Å². The Morgan fingerprint density at radius 2 is 2.04 bits per heavy atom. The summed E-state index contributed by atoms with van der Waals surface area (Å²) in [5, 5.41) is 14.5. The number of nitrogens with one attached hydrogen (secondary N) is 1. The number of fused-ring (bicyclic) bond motifs is 1. The summed E-state index contributed by atoms with van der Waals surface area (Å²) < 4.78 is 7.43. The Balaban J connectivity index is 1.29. The summed E-state index contributed by atoms with van der Waals surface area (Å²) in [5.41, 5.74) is 3.03. The number of carbonyl (C=O) groups excluding carboxylic acids is 1. The zero-order valence-corrected chi connectivity index (χ0v) is 15.1. The van der Waals surface area contributed by atoms with E-state index in [0.29, 0.717) is 25.5 Å². The average molecular weight is 363 g/mol. The summed E-state index contributed by atoms with van der Waals surface area (Å²) in [7, 11) is 0. The van der Waals surface area contributed by atoms with Crippen LogP contribution >= 0.6 is 0 Å². The van der Waals surface area contributed by atoms with Gasteiger partial charge in [-0.1, -0.05) is 30.3 Å². The molecule has 0 fully saturated rings. The topological polar surface area (TPSA) is 81.9 Å². The largest absolute Gasteiger partial charge is 0.493 e. The Kier molecular flexibility index (Phi) is 4.82. The minimum absolute atomic E-state index is 0.0141. The van der Waals surface area contributed by atoms with E-state index in [0.717, 1.165) is 29.2 Å². The van der Waals surface area contributed by atoms with Crippen LogP contribution in [0, 0.1) is 12.8 Å². The summed E-state index contributed by atoms with van der Waals surface area (Å²) in [5.74, 6) is 1.99. The fourth-order valence-corrected chi connectivity index (χ4v) is 3.25. The molecule has 0 radical (unpaired) electrons. The first kappa shape index (κ1) is 17.2. The number of carbonyl (C=O) groups is 1. The zero-order valence-electron chi connectivity index (χ0n) is 15.1. The average Bonchev–Trinajstić information content (AvgIpc) is 3.13. The number of hydrogen-bond donors (Lipinski definition) is 1. The molecule has 1 N–H and O–H groups in total. The lowest BCUT2D eigenvalue weighted by molar-refractivity contribution is -0.120. The molecule has 1 aromatic heterocycles. The van der Waals surface area contributed by atoms with Crippen molar-refractivity contribution in [2.45, 2.75) is 19.8 Å². The monoisotopic (exact) mass is 363 g/mol. The second kappa shape index (κ2) is 7.57. The number of aryl methyl sites for hydroxylation is 1. The van der Waals surface area contributed by atoms with Crippen molar-refractivity contribution in [1.29, 1.82) is 0 Å². The standard InChI is InChI=1S/C20H21N5O2/c1-14-22-23-24-25(14)18-8-6-15(7-9-18)11-20(26)21-12-16-10-17-4-2-3-5-19(17)27-13-16/h2-9,16H,10-13H2,1H3,(H,21,26)/t16-/m0/s1. The van der Waals surface area contributed by atoms with Crippen molar-refractivity contribution in [3.05, 3.63) is 65.5 Å². The van der Waals surface area contributed by atoms with Gasteiger partial charge in [0.15, 0.2) is 5.82 Å². The van der Waals surface area contributed by atoms with Gasteiger partial charge in [-0.05, 0) is 53.1 Å². The molecule has 138 valence electrons. The van der Waals surface area contributed by atoms with E-state index in [2.05, 4.69) is 26.9 Å². The van der Waals surface area contributed by atoms with Crippen molar-refractivity contribution >= 4 is 5.91 Å². The molecule has 7 heteroatoms. The molecular weight excluding hydrogens is 342 g/mol. The second-order valence-corrected chi connectivity index (χ2v) is 6.77. The van der Waals surface area contributed by atoms with Crippen LogP contribution in [0.2, 0.25) is 0 Å². The normalized spacial score (nSPS) is 15.7. The van der Waals surface area contributed by atoms with Crippen molar-refractivity contribution in [2.24, 2.45) is 5.92 Å². The van der Waals surface area contributed by atoms with Crippen LogP contribution in [-0.4, -0.2) is 39.3 Å². The molecule has 0 aliphatic carbocycles. The second-order valence-electron chi connectivity index (χ2n) is 6.77. The van der Waals surface area contributed by atoms with Gasteiger partial charge in [-0.25, -0.2) is 0 Å². The lowest BCUT2D eigenvalue weighted by Gasteiger charge is -2.25. The lowest BCUT2D eigenvalue weighted by Crippen LogP contribution is -2.35. The van der Waals surface area contributed by atoms with E-state index in [4.69, 9.17) is 4.74 Å². The molecule has 7 nitrogen and oxygen atoms in total. The zero-order chi connectivity index (χ0) is 18.6. The van der Waals surface area contributed by atoms with Crippen LogP contribution in [0.25, 0.3) is 5.69 Å². The van der Waals surface area contributed by atoms with Gasteiger partial charge in [-0.15, -0.1) is 5.10 Å². The number of benzene rings is 2. The van der Waals surface area contributed by atoms with E-state index in [1.54, 1.807) is 4.68 Å². The van der Waals surface area contributed by atoms with Crippen molar-refractivity contribution in [3.8, 4) is 11.4 Å². The SMILES string of the molecule is Cc1nnnn1-c1ccc(CC(=O)NC[C@H]2COc3ccccc3C2)cc1. The van der Waals surface area contributed by atoms with E-state index in [-0.39, 0.29) is 5.91 Å². The van der Waals surface area contributed by atoms with Gasteiger partial charge in [0.25, 0.3) is 0 Å². The highest BCUT2D eigenvalue weighted by atomic mass is 16.5. The van der Waals surface area contributed by atoms with E-state index in [1.165, 1.54) is 5.56 Å². The van der Waals surface area contributed by atoms with Crippen LogP contribution in [-0.2, 0) is 17.6 Å². The van der Waals surface area contributed by atoms with E-state index in [1.807, 2.05) is 49.4 Å². The molecule has 0 saturated carbocycles. The number of ether oxygens (including phenoxy) is 1. The molecule has 1 aliphatic heterocycles. The Morgan fingerprint density at radius 1 is 1.22 bits per heavy atom. The molecule has 2 heterocycles. The Labute approximate surface area is 157 Å². The first-order valence-electron chi connectivity index (χ1n) is 9.01. The number of rotatable bonds is 5. The summed E-state index contributed by atoms with van der Waals surface area (Å²) in [6.45, 7) is 3.10. The Bertz CT molecular complexity index is 936. The van der Waals surface area contributed by atoms with Crippen LogP contribution in [0.3, 0.4) is 0 Å². The molecule has 0 bridgehead atoms. The third kappa shape index (κ3) is 3.97. The van der Waals surface area contributed by atoms with Gasteiger partial charge in [-0.3, -0.25) is 4.79 Å². The third-order valence-corrected chi connectivity index (χ3v) is 4.71. The van der Waals surface area contributed by atoms with E-state index >= 15 is 0 Å². The summed E-state index contributed by atoms with van der Waals surface area (Å²) in [4.78, 5) is 12.3. The highest BCUT2D eigenvalue weighted by Gasteiger charge is 2.20. The highest BCUT2D eigenvalue weighted by molar-refractivity contribution is 5.78. The van der Waals surface area contributed by atoms with Crippen LogP contribution in [0.1, 0.15) is 17.0 Å². The number of hydrogen-bond acceptors (Lipinski definition) is 5. The predicted molar refractivity (Wildman–Crippen MR) is 99.7 cm³/mol. The number of para-hydroxylation sites is 1. The van der Waals surface area contributed by atoms with Crippen LogP contribution < -0.4 is 10.1 Å². The van der Waals surface area contributed by atoms with Crippen LogP contribution in [0.15, 0.2) is 48.5 Å². The Morgan fingerprint density at radius 3 is 2.81 bits per heavy atom. The molecule has 4 rings (SSSR count). The van der Waals surface area contributed by atoms with Gasteiger partial charge in [0.05, 0.1) is 18.7 Å². The van der Waals surface area contributed by atoms with Crippen LogP contribution in [0.4, 0.5) is 0 Å². The van der Waals surface area contributed by atoms with Crippen LogP contribution in [0.5, 0.6) is 5.75 Å². The molecule has 0 saturated heterocycles. The van der Waals surface area contributed by atoms with Gasteiger partial charge in [-0.2, -0.15) is 4.68 Å². The number of aromatic nitrogens is 4. The number of tetrazole rings is 1. The minimum Gasteiger partial charge on any atom is -0.493 e. The molecule has 1 aliphatic rings. The van der Waals surface area contributed by atoms with E-state index < -0.39 is 0 Å². The molecule has 1 amide bonds. The van der Waals surface area contributed by atoms with Crippen molar-refractivity contribution < 1.29 is 9.53 Å². The summed E-state index contributed by atoms with van der Waals surface area (Å²) in [6.07, 6.45) is 1.27. The maximum Gasteiger partial charge on any atom is 0.224 e. The molecule has 0 unspecified atom stereocenters. The summed E-state index contributed by atoms with van der Waals surface area (Å²) in [6, 6.07) is 15.8. The highest BCUT2D eigenvalue weighted by Crippen LogP contribution is 2.26. The fraction of sp³-hybridized carbons (Fsp3) is 0.300. The smallest absolute Gasteiger partial charge is 0.224 e. The molecule has 2 aromatic carbocycles. The third-order valence-electron chi connectivity index (χ3n) is 4.71. The minimum atomic E-state index is 0.0141. The van der Waals surface area contributed by atoms with Gasteiger partial charge in [0, 0.05) is 12.5 Å². The van der Waals surface area contributed by atoms with Crippen molar-refractivity contribution in [1.82, 2.24) is 25.5 Å². The number of nitrogens with zero attached hydrogens (tertiary/aromatic N) is 4. The maximum absolute atomic E-state index is 12.3. The van der Waals surface area contributed by atoms with Gasteiger partial charge in [0.2, 0.25) is 5.91 Å². The fourth-order valence-electron chi connectivity index (χ4n) is 3.25. The molecule has 27 heavy (non-hydrogen) atoms. The molecule has 3 aromatic rings. The predicted octanol–water partition coefficient (Wildman–Crippen LogP) is 1.88. The molecular formula is C20H21N5O2. The van der Waals surface area contributed by atoms with Gasteiger partial charge < -0.3 is 10.1 Å². The maximum atomic E-state index is 12.3. The quantitative estimate of drug-likeness (QED) is 0.748.